The van der Waals surface area contributed by atoms with Gasteiger partial charge in [0.25, 0.3) is 5.56 Å². The van der Waals surface area contributed by atoms with Crippen molar-refractivity contribution in [2.24, 2.45) is 0 Å². The van der Waals surface area contributed by atoms with E-state index in [0.717, 1.165) is 25.7 Å². The fraction of sp³-hybridized carbons (Fsp3) is 0.538. The summed E-state index contributed by atoms with van der Waals surface area (Å²) in [6.45, 7) is 1.66. The molecule has 0 aromatic carbocycles. The maximum atomic E-state index is 12.1. The lowest BCUT2D eigenvalue weighted by molar-refractivity contribution is 0.0693. The Morgan fingerprint density at radius 1 is 1.35 bits per heavy atom. The number of aryl methyl sites for hydroxylation is 1. The Kier molecular flexibility index (Phi) is 3.31. The van der Waals surface area contributed by atoms with Gasteiger partial charge in [-0.05, 0) is 31.4 Å². The SMILES string of the molecule is Cc1ccn(C2CCCCC2)c(=O)c1C(=O)O. The van der Waals surface area contributed by atoms with E-state index in [4.69, 9.17) is 5.11 Å². The van der Waals surface area contributed by atoms with E-state index in [1.165, 1.54) is 6.42 Å². The van der Waals surface area contributed by atoms with Crippen LogP contribution in [0.25, 0.3) is 0 Å². The summed E-state index contributed by atoms with van der Waals surface area (Å²) < 4.78 is 1.61. The zero-order valence-electron chi connectivity index (χ0n) is 9.98. The second-order valence-corrected chi connectivity index (χ2v) is 4.68. The minimum atomic E-state index is -1.13. The van der Waals surface area contributed by atoms with E-state index in [2.05, 4.69) is 0 Å². The first-order chi connectivity index (χ1) is 8.11. The molecule has 92 valence electrons. The van der Waals surface area contributed by atoms with Gasteiger partial charge in [-0.15, -0.1) is 0 Å². The average Bonchev–Trinajstić information content (AvgIpc) is 2.30. The van der Waals surface area contributed by atoms with Crippen LogP contribution in [0.2, 0.25) is 0 Å². The summed E-state index contributed by atoms with van der Waals surface area (Å²) in [5.74, 6) is -1.13. The lowest BCUT2D eigenvalue weighted by atomic mass is 9.95. The molecule has 0 saturated heterocycles. The molecule has 1 N–H and O–H groups in total. The first-order valence-corrected chi connectivity index (χ1v) is 6.06. The summed E-state index contributed by atoms with van der Waals surface area (Å²) in [6.07, 6.45) is 7.13. The summed E-state index contributed by atoms with van der Waals surface area (Å²) in [7, 11) is 0. The molecule has 1 heterocycles. The van der Waals surface area contributed by atoms with Crippen molar-refractivity contribution in [2.45, 2.75) is 45.1 Å². The normalized spacial score (nSPS) is 17.0. The lowest BCUT2D eigenvalue weighted by Gasteiger charge is -2.24. The number of hydrogen-bond acceptors (Lipinski definition) is 2. The largest absolute Gasteiger partial charge is 0.477 e. The molecule has 1 aliphatic rings. The van der Waals surface area contributed by atoms with E-state index in [9.17, 15) is 9.59 Å². The number of rotatable bonds is 2. The van der Waals surface area contributed by atoms with Crippen LogP contribution in [0.4, 0.5) is 0 Å². The van der Waals surface area contributed by atoms with Crippen LogP contribution in [0, 0.1) is 6.92 Å². The minimum absolute atomic E-state index is 0.0851. The predicted molar refractivity (Wildman–Crippen MR) is 64.5 cm³/mol. The van der Waals surface area contributed by atoms with Gasteiger partial charge in [-0.3, -0.25) is 4.79 Å². The van der Waals surface area contributed by atoms with Crippen molar-refractivity contribution in [3.05, 3.63) is 33.7 Å². The molecule has 0 unspecified atom stereocenters. The second kappa shape index (κ2) is 4.73. The third-order valence-corrected chi connectivity index (χ3v) is 3.51. The fourth-order valence-corrected chi connectivity index (χ4v) is 2.55. The highest BCUT2D eigenvalue weighted by atomic mass is 16.4. The number of pyridine rings is 1. The van der Waals surface area contributed by atoms with Crippen molar-refractivity contribution in [3.63, 3.8) is 0 Å². The first-order valence-electron chi connectivity index (χ1n) is 6.06. The van der Waals surface area contributed by atoms with Crippen LogP contribution in [0.15, 0.2) is 17.1 Å². The van der Waals surface area contributed by atoms with Gasteiger partial charge in [0.05, 0.1) is 0 Å². The highest BCUT2D eigenvalue weighted by molar-refractivity contribution is 5.88. The van der Waals surface area contributed by atoms with Gasteiger partial charge in [-0.1, -0.05) is 19.3 Å². The third kappa shape index (κ3) is 2.25. The summed E-state index contributed by atoms with van der Waals surface area (Å²) in [5, 5.41) is 9.06. The van der Waals surface area contributed by atoms with Crippen LogP contribution >= 0.6 is 0 Å². The van der Waals surface area contributed by atoms with Gasteiger partial charge in [0.2, 0.25) is 0 Å². The van der Waals surface area contributed by atoms with Gasteiger partial charge in [0, 0.05) is 12.2 Å². The maximum Gasteiger partial charge on any atom is 0.341 e. The maximum absolute atomic E-state index is 12.1. The average molecular weight is 235 g/mol. The zero-order valence-corrected chi connectivity index (χ0v) is 9.98. The molecule has 0 radical (unpaired) electrons. The summed E-state index contributed by atoms with van der Waals surface area (Å²) in [5.41, 5.74) is 0.0945. The van der Waals surface area contributed by atoms with E-state index in [-0.39, 0.29) is 17.2 Å². The Morgan fingerprint density at radius 3 is 2.59 bits per heavy atom. The number of nitrogens with zero attached hydrogens (tertiary/aromatic N) is 1. The summed E-state index contributed by atoms with van der Waals surface area (Å²) >= 11 is 0. The van der Waals surface area contributed by atoms with E-state index >= 15 is 0 Å². The van der Waals surface area contributed by atoms with Crippen LogP contribution in [0.3, 0.4) is 0 Å². The standard InChI is InChI=1S/C13H17NO3/c1-9-7-8-14(10-5-3-2-4-6-10)12(15)11(9)13(16)17/h7-8,10H,2-6H2,1H3,(H,16,17). The Labute approximate surface area is 99.9 Å². The van der Waals surface area contributed by atoms with Crippen molar-refractivity contribution < 1.29 is 9.90 Å². The topological polar surface area (TPSA) is 59.3 Å². The van der Waals surface area contributed by atoms with Crippen molar-refractivity contribution in [1.29, 1.82) is 0 Å². The van der Waals surface area contributed by atoms with Crippen LogP contribution in [0.1, 0.15) is 54.1 Å². The molecule has 1 saturated carbocycles. The molecular formula is C13H17NO3. The molecule has 4 nitrogen and oxygen atoms in total. The molecule has 4 heteroatoms. The number of carboxylic acids is 1. The third-order valence-electron chi connectivity index (χ3n) is 3.51. The van der Waals surface area contributed by atoms with Gasteiger partial charge in [0.1, 0.15) is 5.56 Å². The van der Waals surface area contributed by atoms with Crippen molar-refractivity contribution in [2.75, 3.05) is 0 Å². The molecule has 1 fully saturated rings. The molecule has 1 aromatic heterocycles. The van der Waals surface area contributed by atoms with Gasteiger partial charge >= 0.3 is 5.97 Å². The minimum Gasteiger partial charge on any atom is -0.477 e. The molecule has 17 heavy (non-hydrogen) atoms. The predicted octanol–water partition coefficient (Wildman–Crippen LogP) is 2.36. The molecule has 0 atom stereocenters. The Hall–Kier alpha value is -1.58. The molecule has 0 aliphatic heterocycles. The van der Waals surface area contributed by atoms with Crippen LogP contribution in [-0.4, -0.2) is 15.6 Å². The number of aromatic nitrogens is 1. The quantitative estimate of drug-likeness (QED) is 0.856. The Bertz CT molecular complexity index is 484. The Balaban J connectivity index is 2.45. The van der Waals surface area contributed by atoms with Crippen LogP contribution < -0.4 is 5.56 Å². The fourth-order valence-electron chi connectivity index (χ4n) is 2.55. The molecule has 0 spiro atoms. The van der Waals surface area contributed by atoms with Crippen molar-refractivity contribution >= 4 is 5.97 Å². The van der Waals surface area contributed by atoms with Crippen LogP contribution in [-0.2, 0) is 0 Å². The molecule has 0 bridgehead atoms. The van der Waals surface area contributed by atoms with Gasteiger partial charge in [0.15, 0.2) is 0 Å². The van der Waals surface area contributed by atoms with E-state index in [1.807, 2.05) is 0 Å². The number of aromatic carboxylic acids is 1. The summed E-state index contributed by atoms with van der Waals surface area (Å²) in [6, 6.07) is 1.90. The van der Waals surface area contributed by atoms with Gasteiger partial charge in [-0.2, -0.15) is 0 Å². The molecule has 1 aromatic rings. The van der Waals surface area contributed by atoms with Crippen molar-refractivity contribution in [3.8, 4) is 0 Å². The monoisotopic (exact) mass is 235 g/mol. The van der Waals surface area contributed by atoms with E-state index < -0.39 is 5.97 Å². The molecule has 0 amide bonds. The van der Waals surface area contributed by atoms with E-state index in [1.54, 1.807) is 23.8 Å². The molecule has 2 rings (SSSR count). The van der Waals surface area contributed by atoms with Gasteiger partial charge < -0.3 is 9.67 Å². The van der Waals surface area contributed by atoms with Crippen molar-refractivity contribution in [1.82, 2.24) is 4.57 Å². The highest BCUT2D eigenvalue weighted by Gasteiger charge is 2.20. The van der Waals surface area contributed by atoms with E-state index in [0.29, 0.717) is 5.56 Å². The molecular weight excluding hydrogens is 218 g/mol. The van der Waals surface area contributed by atoms with Gasteiger partial charge in [-0.25, -0.2) is 4.79 Å². The Morgan fingerprint density at radius 2 is 2.00 bits per heavy atom. The summed E-state index contributed by atoms with van der Waals surface area (Å²) in [4.78, 5) is 23.2. The number of carboxylic acid groups (broad SMARTS) is 1. The first kappa shape index (κ1) is 11.9. The smallest absolute Gasteiger partial charge is 0.341 e. The second-order valence-electron chi connectivity index (χ2n) is 4.68. The van der Waals surface area contributed by atoms with Crippen LogP contribution in [0.5, 0.6) is 0 Å². The number of hydrogen-bond donors (Lipinski definition) is 1. The highest BCUT2D eigenvalue weighted by Crippen LogP contribution is 2.26. The molecule has 1 aliphatic carbocycles. The lowest BCUT2D eigenvalue weighted by Crippen LogP contribution is -2.31. The zero-order chi connectivity index (χ0) is 12.4. The number of carbonyl (C=O) groups is 1.